The van der Waals surface area contributed by atoms with Gasteiger partial charge in [-0.3, -0.25) is 9.78 Å². The van der Waals surface area contributed by atoms with Gasteiger partial charge in [0.15, 0.2) is 0 Å². The molecule has 0 aromatic carbocycles. The van der Waals surface area contributed by atoms with E-state index < -0.39 is 5.91 Å². The minimum absolute atomic E-state index is 0.0124. The molecular weight excluding hydrogens is 316 g/mol. The average Bonchev–Trinajstić information content (AvgIpc) is 3.24. The molecule has 2 aliphatic heterocycles. The maximum Gasteiger partial charge on any atom is 0.286 e. The fourth-order valence-electron chi connectivity index (χ4n) is 3.68. The van der Waals surface area contributed by atoms with Gasteiger partial charge in [-0.15, -0.1) is 0 Å². The zero-order valence-electron chi connectivity index (χ0n) is 13.4. The third-order valence-electron chi connectivity index (χ3n) is 4.87. The van der Waals surface area contributed by atoms with E-state index in [-0.39, 0.29) is 5.82 Å². The van der Waals surface area contributed by atoms with Crippen molar-refractivity contribution in [1.29, 1.82) is 0 Å². The van der Waals surface area contributed by atoms with Gasteiger partial charge in [-0.2, -0.15) is 0 Å². The third kappa shape index (κ3) is 2.12. The molecule has 2 aromatic rings. The summed E-state index contributed by atoms with van der Waals surface area (Å²) in [6, 6.07) is 1.76. The van der Waals surface area contributed by atoms with Crippen LogP contribution in [0.4, 0.5) is 5.82 Å². The number of primary amides is 1. The van der Waals surface area contributed by atoms with Crippen LogP contribution in [-0.4, -0.2) is 33.9 Å². The van der Waals surface area contributed by atoms with E-state index in [0.717, 1.165) is 31.3 Å². The summed E-state index contributed by atoms with van der Waals surface area (Å²) in [6.07, 6.45) is 10.7. The lowest BCUT2D eigenvalue weighted by Crippen LogP contribution is -2.24. The lowest BCUT2D eigenvalue weighted by Gasteiger charge is -2.25. The van der Waals surface area contributed by atoms with Crippen molar-refractivity contribution in [2.45, 2.75) is 12.8 Å². The van der Waals surface area contributed by atoms with Gasteiger partial charge in [0.25, 0.3) is 5.91 Å². The Morgan fingerprint density at radius 3 is 3.16 bits per heavy atom. The smallest absolute Gasteiger partial charge is 0.286 e. The lowest BCUT2D eigenvalue weighted by atomic mass is 9.97. The fraction of sp³-hybridized carbons (Fsp3) is 0.222. The predicted octanol–water partition coefficient (Wildman–Crippen LogP) is 1.21. The van der Waals surface area contributed by atoms with E-state index in [0.29, 0.717) is 11.3 Å². The van der Waals surface area contributed by atoms with Crippen LogP contribution in [-0.2, 0) is 0 Å². The highest BCUT2D eigenvalue weighted by atomic mass is 16.1. The van der Waals surface area contributed by atoms with Gasteiger partial charge in [-0.1, -0.05) is 6.08 Å². The molecule has 0 bridgehead atoms. The number of hydrogen-bond acceptors (Lipinski definition) is 6. The highest BCUT2D eigenvalue weighted by Crippen LogP contribution is 2.40. The SMILES string of the molecule is NC(=O)c1nc(N2CCC3=C2CC2=CCNC2=C3)c2c[c]ncc2n1. The maximum atomic E-state index is 11.7. The second-order valence-corrected chi connectivity index (χ2v) is 6.28. The van der Waals surface area contributed by atoms with E-state index in [1.54, 1.807) is 12.3 Å². The number of rotatable bonds is 2. The molecule has 4 heterocycles. The standard InChI is InChI=1S/C18H15N6O/c19-16(25)17-22-14-9-20-4-2-12(14)18(23-17)24-6-3-11-7-13-10(1-5-21-13)8-15(11)24/h1-2,7,9,21H,3,5-6,8H2,(H2,19,25). The van der Waals surface area contributed by atoms with Crippen molar-refractivity contribution in [3.05, 3.63) is 59.0 Å². The largest absolute Gasteiger partial charge is 0.381 e. The van der Waals surface area contributed by atoms with Crippen molar-refractivity contribution < 1.29 is 4.79 Å². The van der Waals surface area contributed by atoms with Crippen LogP contribution in [0.1, 0.15) is 23.5 Å². The summed E-state index contributed by atoms with van der Waals surface area (Å²) in [5, 5.41) is 4.22. The Labute approximate surface area is 144 Å². The normalized spacial score (nSPS) is 18.6. The first-order valence-corrected chi connectivity index (χ1v) is 8.19. The van der Waals surface area contributed by atoms with Crippen LogP contribution in [0.25, 0.3) is 10.9 Å². The van der Waals surface area contributed by atoms with Crippen molar-refractivity contribution in [2.24, 2.45) is 5.73 Å². The quantitative estimate of drug-likeness (QED) is 0.858. The summed E-state index contributed by atoms with van der Waals surface area (Å²) < 4.78 is 0. The number of aromatic nitrogens is 3. The molecule has 0 unspecified atom stereocenters. The number of carbonyl (C=O) groups excluding carboxylic acids is 1. The summed E-state index contributed by atoms with van der Waals surface area (Å²) in [5.41, 5.74) is 11.1. The first-order valence-electron chi connectivity index (χ1n) is 8.19. The minimum atomic E-state index is -0.641. The van der Waals surface area contributed by atoms with E-state index in [1.807, 2.05) is 0 Å². The second kappa shape index (κ2) is 5.14. The molecular formula is C18H15N6O. The molecule has 1 amide bonds. The number of pyridine rings is 1. The van der Waals surface area contributed by atoms with Gasteiger partial charge in [0, 0.05) is 36.3 Å². The molecule has 0 saturated carbocycles. The Kier molecular flexibility index (Phi) is 2.91. The fourth-order valence-corrected chi connectivity index (χ4v) is 3.68. The van der Waals surface area contributed by atoms with Crippen molar-refractivity contribution >= 4 is 22.6 Å². The minimum Gasteiger partial charge on any atom is -0.381 e. The Hall–Kier alpha value is -3.22. The van der Waals surface area contributed by atoms with Crippen LogP contribution >= 0.6 is 0 Å². The molecule has 7 nitrogen and oxygen atoms in total. The first kappa shape index (κ1) is 14.2. The van der Waals surface area contributed by atoms with Crippen LogP contribution in [0.2, 0.25) is 0 Å². The maximum absolute atomic E-state index is 11.7. The molecule has 1 radical (unpaired) electrons. The molecule has 25 heavy (non-hydrogen) atoms. The molecule has 123 valence electrons. The number of fused-ring (bicyclic) bond motifs is 2. The number of allylic oxidation sites excluding steroid dienone is 3. The highest BCUT2D eigenvalue weighted by Gasteiger charge is 2.31. The highest BCUT2D eigenvalue weighted by molar-refractivity contribution is 5.96. The van der Waals surface area contributed by atoms with Crippen LogP contribution in [0.5, 0.6) is 0 Å². The number of amides is 1. The van der Waals surface area contributed by atoms with E-state index >= 15 is 0 Å². The summed E-state index contributed by atoms with van der Waals surface area (Å²) in [5.74, 6) is 0.0714. The number of hydrogen-bond donors (Lipinski definition) is 2. The zero-order valence-corrected chi connectivity index (χ0v) is 13.4. The van der Waals surface area contributed by atoms with Gasteiger partial charge in [-0.05, 0) is 29.7 Å². The molecule has 3 aliphatic rings. The first-order chi connectivity index (χ1) is 12.2. The number of anilines is 1. The Morgan fingerprint density at radius 1 is 1.36 bits per heavy atom. The van der Waals surface area contributed by atoms with Crippen molar-refractivity contribution in [3.63, 3.8) is 0 Å². The zero-order chi connectivity index (χ0) is 17.0. The van der Waals surface area contributed by atoms with Crippen LogP contribution in [0.15, 0.2) is 47.0 Å². The lowest BCUT2D eigenvalue weighted by molar-refractivity contribution is 0.0991. The van der Waals surface area contributed by atoms with Gasteiger partial charge in [-0.25, -0.2) is 9.97 Å². The van der Waals surface area contributed by atoms with Crippen LogP contribution in [0, 0.1) is 6.20 Å². The molecule has 5 rings (SSSR count). The van der Waals surface area contributed by atoms with E-state index in [9.17, 15) is 4.79 Å². The number of nitrogens with two attached hydrogens (primary N) is 1. The number of carbonyl (C=O) groups is 1. The summed E-state index contributed by atoms with van der Waals surface area (Å²) in [4.78, 5) is 26.5. The average molecular weight is 331 g/mol. The summed E-state index contributed by atoms with van der Waals surface area (Å²) in [7, 11) is 0. The number of nitrogens with zero attached hydrogens (tertiary/aromatic N) is 4. The topological polar surface area (TPSA) is 97.0 Å². The van der Waals surface area contributed by atoms with Crippen LogP contribution in [0.3, 0.4) is 0 Å². The Bertz CT molecular complexity index is 1020. The second-order valence-electron chi connectivity index (χ2n) is 6.28. The molecule has 3 N–H and O–H groups in total. The Balaban J connectivity index is 1.68. The monoisotopic (exact) mass is 331 g/mol. The van der Waals surface area contributed by atoms with Crippen molar-refractivity contribution in [2.75, 3.05) is 18.0 Å². The van der Waals surface area contributed by atoms with Gasteiger partial charge < -0.3 is 16.0 Å². The van der Waals surface area contributed by atoms with Crippen molar-refractivity contribution in [1.82, 2.24) is 20.3 Å². The summed E-state index contributed by atoms with van der Waals surface area (Å²) in [6.45, 7) is 1.69. The van der Waals surface area contributed by atoms with Gasteiger partial charge in [0.05, 0.1) is 17.9 Å². The van der Waals surface area contributed by atoms with Gasteiger partial charge in [0.2, 0.25) is 5.82 Å². The molecule has 7 heteroatoms. The van der Waals surface area contributed by atoms with E-state index in [4.69, 9.17) is 5.73 Å². The van der Waals surface area contributed by atoms with E-state index in [1.165, 1.54) is 22.5 Å². The van der Waals surface area contributed by atoms with E-state index in [2.05, 4.69) is 43.5 Å². The predicted molar refractivity (Wildman–Crippen MR) is 92.5 cm³/mol. The number of nitrogens with one attached hydrogen (secondary N) is 1. The molecule has 0 fully saturated rings. The van der Waals surface area contributed by atoms with Crippen LogP contribution < -0.4 is 16.0 Å². The van der Waals surface area contributed by atoms with Gasteiger partial charge in [0.1, 0.15) is 5.82 Å². The van der Waals surface area contributed by atoms with Crippen molar-refractivity contribution in [3.8, 4) is 0 Å². The molecule has 2 aromatic heterocycles. The molecule has 0 spiro atoms. The molecule has 0 atom stereocenters. The summed E-state index contributed by atoms with van der Waals surface area (Å²) >= 11 is 0. The molecule has 1 aliphatic carbocycles. The molecule has 0 saturated heterocycles. The Morgan fingerprint density at radius 2 is 2.28 bits per heavy atom. The third-order valence-corrected chi connectivity index (χ3v) is 4.87. The van der Waals surface area contributed by atoms with Gasteiger partial charge >= 0.3 is 0 Å².